The number of unbranched alkanes of at least 4 members (excludes halogenated alkanes) is 7. The van der Waals surface area contributed by atoms with Crippen molar-refractivity contribution < 1.29 is 0 Å². The average molecular weight is 296 g/mol. The second-order valence-electron chi connectivity index (χ2n) is 8.35. The lowest BCUT2D eigenvalue weighted by Crippen LogP contribution is -2.39. The molecule has 0 heterocycles. The molecule has 1 N–H and O–H groups in total. The molecule has 0 aromatic rings. The Hall–Kier alpha value is -0.0400. The maximum Gasteiger partial charge on any atom is 0.00966 e. The molecule has 0 radical (unpaired) electrons. The molecule has 0 amide bonds. The van der Waals surface area contributed by atoms with Crippen LogP contribution >= 0.6 is 0 Å². The second kappa shape index (κ2) is 10.6. The zero-order valence-corrected chi connectivity index (χ0v) is 15.3. The lowest BCUT2D eigenvalue weighted by atomic mass is 9.89. The molecule has 0 aromatic heterocycles. The van der Waals surface area contributed by atoms with Gasteiger partial charge in [0.15, 0.2) is 0 Å². The van der Waals surface area contributed by atoms with Gasteiger partial charge in [0.2, 0.25) is 0 Å². The van der Waals surface area contributed by atoms with Crippen molar-refractivity contribution >= 4 is 0 Å². The zero-order valence-electron chi connectivity index (χ0n) is 15.3. The van der Waals surface area contributed by atoms with E-state index in [1.165, 1.54) is 83.6 Å². The molecule has 1 rings (SSSR count). The fourth-order valence-electron chi connectivity index (χ4n) is 3.74. The quantitative estimate of drug-likeness (QED) is 0.440. The van der Waals surface area contributed by atoms with Crippen LogP contribution in [0.3, 0.4) is 0 Å². The van der Waals surface area contributed by atoms with Gasteiger partial charge in [-0.1, -0.05) is 77.6 Å². The van der Waals surface area contributed by atoms with Gasteiger partial charge in [-0.15, -0.1) is 0 Å². The highest BCUT2D eigenvalue weighted by molar-refractivity contribution is 4.82. The van der Waals surface area contributed by atoms with Crippen molar-refractivity contribution in [3.63, 3.8) is 0 Å². The third kappa shape index (κ3) is 9.55. The smallest absolute Gasteiger partial charge is 0.00966 e. The Kier molecular flexibility index (Phi) is 9.64. The van der Waals surface area contributed by atoms with Crippen LogP contribution in [0.1, 0.15) is 105 Å². The summed E-state index contributed by atoms with van der Waals surface area (Å²) in [5.41, 5.74) is 0.283. The Morgan fingerprint density at radius 3 is 2.00 bits per heavy atom. The summed E-state index contributed by atoms with van der Waals surface area (Å²) < 4.78 is 0. The van der Waals surface area contributed by atoms with Gasteiger partial charge in [-0.3, -0.25) is 0 Å². The summed E-state index contributed by atoms with van der Waals surface area (Å²) in [6, 6.07) is 0. The number of hydrogen-bond donors (Lipinski definition) is 1. The summed E-state index contributed by atoms with van der Waals surface area (Å²) in [5.74, 6) is 1.97. The van der Waals surface area contributed by atoms with Crippen LogP contribution in [0.5, 0.6) is 0 Å². The van der Waals surface area contributed by atoms with Crippen molar-refractivity contribution in [1.29, 1.82) is 0 Å². The second-order valence-corrected chi connectivity index (χ2v) is 8.35. The fourth-order valence-corrected chi connectivity index (χ4v) is 3.74. The van der Waals surface area contributed by atoms with E-state index in [9.17, 15) is 0 Å². The average Bonchev–Trinajstić information content (AvgIpc) is 2.86. The first-order chi connectivity index (χ1) is 10.0. The van der Waals surface area contributed by atoms with Gasteiger partial charge in [-0.05, 0) is 45.6 Å². The molecule has 1 saturated carbocycles. The van der Waals surface area contributed by atoms with Gasteiger partial charge in [0.25, 0.3) is 0 Å². The standard InChI is InChI=1S/C20H41N/c1-5-6-7-8-9-10-11-12-14-18-15-13-16-19(18)17-21-20(2,3)4/h18-19,21H,5-17H2,1-4H3. The van der Waals surface area contributed by atoms with E-state index in [2.05, 4.69) is 33.0 Å². The SMILES string of the molecule is CCCCCCCCCCC1CCCC1CNC(C)(C)C. The van der Waals surface area contributed by atoms with Gasteiger partial charge in [-0.2, -0.15) is 0 Å². The lowest BCUT2D eigenvalue weighted by Gasteiger charge is -2.26. The van der Waals surface area contributed by atoms with Crippen LogP contribution in [0.4, 0.5) is 0 Å². The minimum absolute atomic E-state index is 0.283. The topological polar surface area (TPSA) is 12.0 Å². The Morgan fingerprint density at radius 1 is 0.810 bits per heavy atom. The molecule has 1 fully saturated rings. The Labute approximate surface area is 134 Å². The van der Waals surface area contributed by atoms with E-state index in [0.29, 0.717) is 0 Å². The summed E-state index contributed by atoms with van der Waals surface area (Å²) in [5, 5.41) is 3.72. The maximum absolute atomic E-state index is 3.72. The van der Waals surface area contributed by atoms with Gasteiger partial charge in [0.05, 0.1) is 0 Å². The molecule has 0 aromatic carbocycles. The van der Waals surface area contributed by atoms with Crippen LogP contribution in [0.2, 0.25) is 0 Å². The predicted molar refractivity (Wildman–Crippen MR) is 95.8 cm³/mol. The van der Waals surface area contributed by atoms with Crippen molar-refractivity contribution in [1.82, 2.24) is 5.32 Å². The Bertz CT molecular complexity index is 241. The van der Waals surface area contributed by atoms with Crippen LogP contribution in [0.25, 0.3) is 0 Å². The Balaban J connectivity index is 2.02. The van der Waals surface area contributed by atoms with Crippen LogP contribution in [-0.4, -0.2) is 12.1 Å². The lowest BCUT2D eigenvalue weighted by molar-refractivity contribution is 0.300. The summed E-state index contributed by atoms with van der Waals surface area (Å²) in [6.45, 7) is 10.4. The first kappa shape index (κ1) is 19.0. The molecule has 2 unspecified atom stereocenters. The molecular formula is C20H41N. The molecule has 126 valence electrons. The minimum Gasteiger partial charge on any atom is -0.312 e. The monoisotopic (exact) mass is 295 g/mol. The third-order valence-electron chi connectivity index (χ3n) is 5.14. The van der Waals surface area contributed by atoms with Gasteiger partial charge in [0.1, 0.15) is 0 Å². The van der Waals surface area contributed by atoms with Crippen LogP contribution in [0, 0.1) is 11.8 Å². The molecule has 1 nitrogen and oxygen atoms in total. The van der Waals surface area contributed by atoms with E-state index in [0.717, 1.165) is 11.8 Å². The highest BCUT2D eigenvalue weighted by atomic mass is 14.9. The molecule has 1 heteroatoms. The van der Waals surface area contributed by atoms with Gasteiger partial charge < -0.3 is 5.32 Å². The van der Waals surface area contributed by atoms with E-state index in [-0.39, 0.29) is 5.54 Å². The first-order valence-electron chi connectivity index (χ1n) is 9.78. The fraction of sp³-hybridized carbons (Fsp3) is 1.00. The van der Waals surface area contributed by atoms with E-state index < -0.39 is 0 Å². The van der Waals surface area contributed by atoms with E-state index in [1.807, 2.05) is 0 Å². The zero-order chi connectivity index (χ0) is 15.6. The minimum atomic E-state index is 0.283. The number of hydrogen-bond acceptors (Lipinski definition) is 1. The van der Waals surface area contributed by atoms with Crippen molar-refractivity contribution in [3.8, 4) is 0 Å². The molecule has 1 aliphatic carbocycles. The largest absolute Gasteiger partial charge is 0.312 e. The van der Waals surface area contributed by atoms with Crippen molar-refractivity contribution in [2.45, 2.75) is 110 Å². The maximum atomic E-state index is 3.72. The molecule has 21 heavy (non-hydrogen) atoms. The molecule has 0 spiro atoms. The molecular weight excluding hydrogens is 254 g/mol. The number of nitrogens with one attached hydrogen (secondary N) is 1. The van der Waals surface area contributed by atoms with Crippen molar-refractivity contribution in [2.75, 3.05) is 6.54 Å². The van der Waals surface area contributed by atoms with E-state index in [4.69, 9.17) is 0 Å². The summed E-state index contributed by atoms with van der Waals surface area (Å²) in [7, 11) is 0. The summed E-state index contributed by atoms with van der Waals surface area (Å²) in [6.07, 6.45) is 17.5. The van der Waals surface area contributed by atoms with Gasteiger partial charge >= 0.3 is 0 Å². The molecule has 0 saturated heterocycles. The van der Waals surface area contributed by atoms with Crippen LogP contribution in [0.15, 0.2) is 0 Å². The van der Waals surface area contributed by atoms with Crippen molar-refractivity contribution in [3.05, 3.63) is 0 Å². The molecule has 1 aliphatic rings. The normalized spacial score (nSPS) is 22.9. The van der Waals surface area contributed by atoms with Gasteiger partial charge in [0, 0.05) is 5.54 Å². The molecule has 0 aliphatic heterocycles. The summed E-state index contributed by atoms with van der Waals surface area (Å²) >= 11 is 0. The Morgan fingerprint density at radius 2 is 1.38 bits per heavy atom. The van der Waals surface area contributed by atoms with Crippen molar-refractivity contribution in [2.24, 2.45) is 11.8 Å². The predicted octanol–water partition coefficient (Wildman–Crippen LogP) is 6.32. The van der Waals surface area contributed by atoms with Gasteiger partial charge in [-0.25, -0.2) is 0 Å². The van der Waals surface area contributed by atoms with Crippen LogP contribution < -0.4 is 5.32 Å². The highest BCUT2D eigenvalue weighted by Gasteiger charge is 2.27. The molecule has 0 bridgehead atoms. The highest BCUT2D eigenvalue weighted by Crippen LogP contribution is 2.35. The number of rotatable bonds is 11. The molecule has 2 atom stereocenters. The summed E-state index contributed by atoms with van der Waals surface area (Å²) in [4.78, 5) is 0. The van der Waals surface area contributed by atoms with E-state index in [1.54, 1.807) is 0 Å². The van der Waals surface area contributed by atoms with E-state index >= 15 is 0 Å². The first-order valence-corrected chi connectivity index (χ1v) is 9.78. The third-order valence-corrected chi connectivity index (χ3v) is 5.14. The van der Waals surface area contributed by atoms with Crippen LogP contribution in [-0.2, 0) is 0 Å².